The second-order valence-corrected chi connectivity index (χ2v) is 5.40. The van der Waals surface area contributed by atoms with Gasteiger partial charge in [0.1, 0.15) is 10.8 Å². The first-order valence-corrected chi connectivity index (χ1v) is 6.55. The first-order chi connectivity index (χ1) is 8.65. The van der Waals surface area contributed by atoms with E-state index in [0.29, 0.717) is 15.9 Å². The number of rotatable bonds is 1. The molecule has 0 fully saturated rings. The van der Waals surface area contributed by atoms with Gasteiger partial charge in [0, 0.05) is 16.3 Å². The van der Waals surface area contributed by atoms with Crippen LogP contribution in [0.3, 0.4) is 0 Å². The Labute approximate surface area is 116 Å². The summed E-state index contributed by atoms with van der Waals surface area (Å²) in [4.78, 5) is 12.9. The van der Waals surface area contributed by atoms with Crippen LogP contribution in [0, 0.1) is 0 Å². The molecule has 3 aromatic heterocycles. The third-order valence-corrected chi connectivity index (χ3v) is 4.08. The lowest BCUT2D eigenvalue weighted by Crippen LogP contribution is -1.95. The van der Waals surface area contributed by atoms with Crippen LogP contribution in [0.5, 0.6) is 0 Å². The van der Waals surface area contributed by atoms with E-state index < -0.39 is 0 Å². The zero-order valence-electron chi connectivity index (χ0n) is 8.89. The lowest BCUT2D eigenvalue weighted by atomic mass is 10.3. The number of pyridine rings is 1. The predicted octanol–water partition coefficient (Wildman–Crippen LogP) is 3.64. The Balaban J connectivity index is 2.26. The molecule has 0 aliphatic rings. The van der Waals surface area contributed by atoms with Crippen LogP contribution in [0.1, 0.15) is 0 Å². The molecule has 0 amide bonds. The van der Waals surface area contributed by atoms with Crippen LogP contribution >= 0.6 is 34.5 Å². The zero-order chi connectivity index (χ0) is 12.7. The van der Waals surface area contributed by atoms with Crippen molar-refractivity contribution in [3.63, 3.8) is 0 Å². The van der Waals surface area contributed by atoms with Crippen LogP contribution in [-0.4, -0.2) is 15.0 Å². The summed E-state index contributed by atoms with van der Waals surface area (Å²) in [6.07, 6.45) is 3.16. The van der Waals surface area contributed by atoms with Crippen LogP contribution in [0.25, 0.3) is 20.7 Å². The molecular weight excluding hydrogens is 291 g/mol. The van der Waals surface area contributed by atoms with Gasteiger partial charge in [-0.15, -0.1) is 11.3 Å². The molecule has 0 saturated heterocycles. The van der Waals surface area contributed by atoms with Gasteiger partial charge in [-0.05, 0) is 12.1 Å². The molecule has 0 bridgehead atoms. The van der Waals surface area contributed by atoms with Gasteiger partial charge in [-0.2, -0.15) is 0 Å². The van der Waals surface area contributed by atoms with E-state index in [-0.39, 0.29) is 5.95 Å². The highest BCUT2D eigenvalue weighted by Gasteiger charge is 2.12. The fourth-order valence-corrected chi connectivity index (χ4v) is 3.18. The van der Waals surface area contributed by atoms with Gasteiger partial charge in [0.25, 0.3) is 0 Å². The SMILES string of the molecule is Nc1ncc(Cl)c(-c2cc3c(Cl)nccc3s2)n1. The Bertz CT molecular complexity index is 741. The van der Waals surface area contributed by atoms with Gasteiger partial charge in [0.05, 0.1) is 16.1 Å². The van der Waals surface area contributed by atoms with Crippen LogP contribution in [0.2, 0.25) is 10.2 Å². The third kappa shape index (κ3) is 1.90. The molecular formula is C11H6Cl2N4S. The molecule has 0 aromatic carbocycles. The highest BCUT2D eigenvalue weighted by Crippen LogP contribution is 2.37. The Kier molecular flexibility index (Phi) is 2.81. The van der Waals surface area contributed by atoms with Gasteiger partial charge < -0.3 is 5.73 Å². The molecule has 0 unspecified atom stereocenters. The Morgan fingerprint density at radius 2 is 2.06 bits per heavy atom. The van der Waals surface area contributed by atoms with Crippen LogP contribution in [0.15, 0.2) is 24.5 Å². The number of halogens is 2. The Morgan fingerprint density at radius 3 is 2.83 bits per heavy atom. The molecule has 3 aromatic rings. The molecule has 4 nitrogen and oxygen atoms in total. The van der Waals surface area contributed by atoms with Crippen molar-refractivity contribution in [2.75, 3.05) is 5.73 Å². The van der Waals surface area contributed by atoms with Crippen molar-refractivity contribution in [3.8, 4) is 10.6 Å². The number of nitrogens with two attached hydrogens (primary N) is 1. The van der Waals surface area contributed by atoms with E-state index in [1.165, 1.54) is 17.5 Å². The summed E-state index contributed by atoms with van der Waals surface area (Å²) in [5, 5.41) is 1.81. The maximum absolute atomic E-state index is 6.08. The summed E-state index contributed by atoms with van der Waals surface area (Å²) in [5.41, 5.74) is 6.19. The number of hydrogen-bond donors (Lipinski definition) is 1. The van der Waals surface area contributed by atoms with Crippen molar-refractivity contribution < 1.29 is 0 Å². The van der Waals surface area contributed by atoms with Crippen molar-refractivity contribution >= 4 is 50.6 Å². The maximum atomic E-state index is 6.08. The van der Waals surface area contributed by atoms with Crippen molar-refractivity contribution in [2.45, 2.75) is 0 Å². The average molecular weight is 297 g/mol. The van der Waals surface area contributed by atoms with E-state index in [2.05, 4.69) is 15.0 Å². The van der Waals surface area contributed by atoms with Crippen molar-refractivity contribution in [1.29, 1.82) is 0 Å². The molecule has 7 heteroatoms. The van der Waals surface area contributed by atoms with Crippen molar-refractivity contribution in [3.05, 3.63) is 34.7 Å². The Hall–Kier alpha value is -1.43. The van der Waals surface area contributed by atoms with Crippen LogP contribution in [-0.2, 0) is 0 Å². The van der Waals surface area contributed by atoms with Crippen LogP contribution < -0.4 is 5.73 Å². The Morgan fingerprint density at radius 1 is 1.22 bits per heavy atom. The molecule has 0 aliphatic carbocycles. The van der Waals surface area contributed by atoms with Crippen molar-refractivity contribution in [1.82, 2.24) is 15.0 Å². The van der Waals surface area contributed by atoms with E-state index in [9.17, 15) is 0 Å². The zero-order valence-corrected chi connectivity index (χ0v) is 11.2. The van der Waals surface area contributed by atoms with E-state index in [0.717, 1.165) is 15.0 Å². The fraction of sp³-hybridized carbons (Fsp3) is 0. The highest BCUT2D eigenvalue weighted by atomic mass is 35.5. The molecule has 0 aliphatic heterocycles. The standard InChI is InChI=1S/C11H6Cl2N4S/c12-6-4-16-11(14)17-9(6)8-3-5-7(18-8)1-2-15-10(5)13/h1-4H,(H2,14,16,17). The minimum atomic E-state index is 0.191. The third-order valence-electron chi connectivity index (χ3n) is 2.39. The minimum absolute atomic E-state index is 0.191. The molecule has 2 N–H and O–H groups in total. The topological polar surface area (TPSA) is 64.7 Å². The molecule has 90 valence electrons. The number of hydrogen-bond acceptors (Lipinski definition) is 5. The molecule has 0 radical (unpaired) electrons. The number of anilines is 1. The van der Waals surface area contributed by atoms with E-state index in [1.54, 1.807) is 6.20 Å². The fourth-order valence-electron chi connectivity index (χ4n) is 1.60. The lowest BCUT2D eigenvalue weighted by Gasteiger charge is -1.99. The second kappa shape index (κ2) is 4.35. The number of aromatic nitrogens is 3. The van der Waals surface area contributed by atoms with Gasteiger partial charge in [0.2, 0.25) is 5.95 Å². The summed E-state index contributed by atoms with van der Waals surface area (Å²) in [7, 11) is 0. The first-order valence-electron chi connectivity index (χ1n) is 4.97. The van der Waals surface area contributed by atoms with E-state index >= 15 is 0 Å². The highest BCUT2D eigenvalue weighted by molar-refractivity contribution is 7.22. The predicted molar refractivity (Wildman–Crippen MR) is 75.1 cm³/mol. The quantitative estimate of drug-likeness (QED) is 0.696. The van der Waals surface area contributed by atoms with Gasteiger partial charge >= 0.3 is 0 Å². The molecule has 0 saturated carbocycles. The molecule has 18 heavy (non-hydrogen) atoms. The maximum Gasteiger partial charge on any atom is 0.220 e. The lowest BCUT2D eigenvalue weighted by molar-refractivity contribution is 1.19. The van der Waals surface area contributed by atoms with Gasteiger partial charge in [-0.25, -0.2) is 15.0 Å². The molecule has 0 spiro atoms. The summed E-state index contributed by atoms with van der Waals surface area (Å²) >= 11 is 13.6. The smallest absolute Gasteiger partial charge is 0.220 e. The minimum Gasteiger partial charge on any atom is -0.368 e. The van der Waals surface area contributed by atoms with Gasteiger partial charge in [0.15, 0.2) is 0 Å². The molecule has 3 heterocycles. The summed E-state index contributed by atoms with van der Waals surface area (Å²) in [5.74, 6) is 0.191. The molecule has 0 atom stereocenters. The molecule has 3 rings (SSSR count). The van der Waals surface area contributed by atoms with Crippen molar-refractivity contribution in [2.24, 2.45) is 0 Å². The average Bonchev–Trinajstić information content (AvgIpc) is 2.77. The second-order valence-electron chi connectivity index (χ2n) is 3.55. The monoisotopic (exact) mass is 296 g/mol. The van der Waals surface area contributed by atoms with Gasteiger partial charge in [-0.3, -0.25) is 0 Å². The summed E-state index contributed by atoms with van der Waals surface area (Å²) in [6.45, 7) is 0. The number of nitrogens with zero attached hydrogens (tertiary/aromatic N) is 3. The number of nitrogen functional groups attached to an aromatic ring is 1. The number of thiophene rings is 1. The largest absolute Gasteiger partial charge is 0.368 e. The van der Waals surface area contributed by atoms with Gasteiger partial charge in [-0.1, -0.05) is 23.2 Å². The summed E-state index contributed by atoms with van der Waals surface area (Å²) in [6, 6.07) is 3.80. The summed E-state index contributed by atoms with van der Waals surface area (Å²) < 4.78 is 1.03. The number of fused-ring (bicyclic) bond motifs is 1. The normalized spacial score (nSPS) is 11.0. The van der Waals surface area contributed by atoms with E-state index in [1.807, 2.05) is 12.1 Å². The van der Waals surface area contributed by atoms with Crippen LogP contribution in [0.4, 0.5) is 5.95 Å². The first kappa shape index (κ1) is 11.6. The van der Waals surface area contributed by atoms with E-state index in [4.69, 9.17) is 28.9 Å².